The second-order valence-corrected chi connectivity index (χ2v) is 7.47. The molecule has 2 rings (SSSR count). The maximum absolute atomic E-state index is 5.75. The normalized spacial score (nSPS) is 22.5. The third kappa shape index (κ3) is 9.19. The first kappa shape index (κ1) is 23.9. The van der Waals surface area contributed by atoms with Crippen LogP contribution in [0.1, 0.15) is 46.5 Å². The Morgan fingerprint density at radius 3 is 2.65 bits per heavy atom. The molecule has 1 atom stereocenters. The molecule has 26 heavy (non-hydrogen) atoms. The number of rotatable bonds is 9. The molecule has 2 aliphatic heterocycles. The molecule has 2 N–H and O–H groups in total. The number of aliphatic imine (C=N–C) groups is 1. The zero-order valence-electron chi connectivity index (χ0n) is 16.8. The molecule has 0 bridgehead atoms. The molecule has 0 radical (unpaired) electrons. The van der Waals surface area contributed by atoms with E-state index in [1.54, 1.807) is 0 Å². The number of ether oxygens (including phenoxy) is 2. The van der Waals surface area contributed by atoms with E-state index in [-0.39, 0.29) is 24.0 Å². The van der Waals surface area contributed by atoms with Crippen LogP contribution in [0.2, 0.25) is 0 Å². The van der Waals surface area contributed by atoms with E-state index < -0.39 is 0 Å². The van der Waals surface area contributed by atoms with Crippen molar-refractivity contribution >= 4 is 29.9 Å². The molecular formula is C19H39IN4O2. The molecule has 7 heteroatoms. The lowest BCUT2D eigenvalue weighted by Crippen LogP contribution is -2.49. The Kier molecular flexibility index (Phi) is 12.8. The fourth-order valence-corrected chi connectivity index (χ4v) is 3.40. The van der Waals surface area contributed by atoms with Gasteiger partial charge in [0.15, 0.2) is 5.96 Å². The van der Waals surface area contributed by atoms with Crippen molar-refractivity contribution in [1.82, 2.24) is 15.5 Å². The van der Waals surface area contributed by atoms with Gasteiger partial charge in [-0.15, -0.1) is 24.0 Å². The average molecular weight is 482 g/mol. The number of guanidine groups is 1. The third-order valence-corrected chi connectivity index (χ3v) is 5.04. The van der Waals surface area contributed by atoms with Crippen LogP contribution in [0, 0.1) is 5.92 Å². The smallest absolute Gasteiger partial charge is 0.191 e. The topological polar surface area (TPSA) is 58.1 Å². The van der Waals surface area contributed by atoms with Gasteiger partial charge >= 0.3 is 0 Å². The van der Waals surface area contributed by atoms with E-state index in [1.807, 2.05) is 0 Å². The van der Waals surface area contributed by atoms with Gasteiger partial charge in [0, 0.05) is 57.4 Å². The van der Waals surface area contributed by atoms with E-state index in [2.05, 4.69) is 36.3 Å². The maximum Gasteiger partial charge on any atom is 0.191 e. The molecule has 6 nitrogen and oxygen atoms in total. The Hall–Kier alpha value is -0.120. The highest BCUT2D eigenvalue weighted by Gasteiger charge is 2.21. The summed E-state index contributed by atoms with van der Waals surface area (Å²) in [4.78, 5) is 7.26. The van der Waals surface area contributed by atoms with Crippen LogP contribution in [0.4, 0.5) is 0 Å². The van der Waals surface area contributed by atoms with Gasteiger partial charge in [0.25, 0.3) is 0 Å². The van der Waals surface area contributed by atoms with Gasteiger partial charge in [-0.05, 0) is 46.5 Å². The zero-order chi connectivity index (χ0) is 17.9. The fraction of sp³-hybridized carbons (Fsp3) is 0.947. The first-order valence-electron chi connectivity index (χ1n) is 10.1. The van der Waals surface area contributed by atoms with Crippen molar-refractivity contribution in [3.63, 3.8) is 0 Å². The monoisotopic (exact) mass is 482 g/mol. The minimum Gasteiger partial charge on any atom is -0.381 e. The number of piperidine rings is 1. The molecule has 2 heterocycles. The van der Waals surface area contributed by atoms with Gasteiger partial charge in [-0.2, -0.15) is 0 Å². The van der Waals surface area contributed by atoms with Gasteiger partial charge < -0.3 is 25.0 Å². The lowest BCUT2D eigenvalue weighted by molar-refractivity contribution is 0.0893. The first-order chi connectivity index (χ1) is 12.2. The second kappa shape index (κ2) is 14.0. The summed E-state index contributed by atoms with van der Waals surface area (Å²) in [6.45, 7) is 14.1. The Balaban J connectivity index is 0.00000338. The Morgan fingerprint density at radius 1 is 1.27 bits per heavy atom. The van der Waals surface area contributed by atoms with Crippen LogP contribution >= 0.6 is 24.0 Å². The van der Waals surface area contributed by atoms with Gasteiger partial charge in [0.05, 0.1) is 13.2 Å². The van der Waals surface area contributed by atoms with Crippen LogP contribution < -0.4 is 10.6 Å². The molecular weight excluding hydrogens is 443 g/mol. The molecule has 0 aromatic rings. The van der Waals surface area contributed by atoms with Crippen LogP contribution in [-0.4, -0.2) is 75.5 Å². The van der Waals surface area contributed by atoms with Crippen LogP contribution in [0.25, 0.3) is 0 Å². The number of likely N-dealkylation sites (tertiary alicyclic amines) is 1. The molecule has 2 saturated heterocycles. The molecule has 2 fully saturated rings. The van der Waals surface area contributed by atoms with Crippen molar-refractivity contribution < 1.29 is 9.47 Å². The molecule has 2 aliphatic rings. The van der Waals surface area contributed by atoms with Gasteiger partial charge in [-0.1, -0.05) is 0 Å². The van der Waals surface area contributed by atoms with Crippen LogP contribution in [-0.2, 0) is 9.47 Å². The molecule has 0 aliphatic carbocycles. The summed E-state index contributed by atoms with van der Waals surface area (Å²) in [5.74, 6) is 1.55. The molecule has 0 amide bonds. The van der Waals surface area contributed by atoms with Crippen LogP contribution in [0.3, 0.4) is 0 Å². The SMILES string of the molecule is CCNC(=NCCCOCC1CCOC1)NC1CCN(C(C)C)CC1.I. The predicted octanol–water partition coefficient (Wildman–Crippen LogP) is 2.48. The summed E-state index contributed by atoms with van der Waals surface area (Å²) in [5, 5.41) is 6.97. The van der Waals surface area contributed by atoms with E-state index in [1.165, 1.54) is 25.9 Å². The molecule has 1 unspecified atom stereocenters. The highest BCUT2D eigenvalue weighted by atomic mass is 127. The van der Waals surface area contributed by atoms with Crippen molar-refractivity contribution in [3.05, 3.63) is 0 Å². The lowest BCUT2D eigenvalue weighted by Gasteiger charge is -2.35. The van der Waals surface area contributed by atoms with Crippen molar-refractivity contribution in [2.45, 2.75) is 58.5 Å². The Labute approximate surface area is 176 Å². The summed E-state index contributed by atoms with van der Waals surface area (Å²) in [5.41, 5.74) is 0. The van der Waals surface area contributed by atoms with Gasteiger partial charge in [-0.25, -0.2) is 0 Å². The molecule has 0 aromatic heterocycles. The second-order valence-electron chi connectivity index (χ2n) is 7.47. The first-order valence-corrected chi connectivity index (χ1v) is 10.1. The lowest BCUT2D eigenvalue weighted by atomic mass is 10.0. The van der Waals surface area contributed by atoms with E-state index in [4.69, 9.17) is 14.5 Å². The van der Waals surface area contributed by atoms with Crippen molar-refractivity contribution in [1.29, 1.82) is 0 Å². The van der Waals surface area contributed by atoms with Crippen LogP contribution in [0.5, 0.6) is 0 Å². The number of hydrogen-bond acceptors (Lipinski definition) is 4. The number of hydrogen-bond donors (Lipinski definition) is 2. The summed E-state index contributed by atoms with van der Waals surface area (Å²) in [6, 6.07) is 1.19. The highest BCUT2D eigenvalue weighted by Crippen LogP contribution is 2.13. The molecule has 0 spiro atoms. The summed E-state index contributed by atoms with van der Waals surface area (Å²) in [6.07, 6.45) is 4.49. The van der Waals surface area contributed by atoms with Gasteiger partial charge in [0.2, 0.25) is 0 Å². The highest BCUT2D eigenvalue weighted by molar-refractivity contribution is 14.0. The Bertz CT molecular complexity index is 382. The third-order valence-electron chi connectivity index (χ3n) is 5.04. The van der Waals surface area contributed by atoms with E-state index in [0.717, 1.165) is 58.3 Å². The molecule has 0 saturated carbocycles. The van der Waals surface area contributed by atoms with Crippen molar-refractivity contribution in [2.24, 2.45) is 10.9 Å². The van der Waals surface area contributed by atoms with E-state index in [0.29, 0.717) is 18.0 Å². The average Bonchev–Trinajstić information content (AvgIpc) is 3.12. The summed E-state index contributed by atoms with van der Waals surface area (Å²) in [7, 11) is 0. The van der Waals surface area contributed by atoms with Gasteiger partial charge in [0.1, 0.15) is 0 Å². The Morgan fingerprint density at radius 2 is 2.04 bits per heavy atom. The quantitative estimate of drug-likeness (QED) is 0.229. The number of halogens is 1. The van der Waals surface area contributed by atoms with Crippen molar-refractivity contribution in [2.75, 3.05) is 52.6 Å². The summed E-state index contributed by atoms with van der Waals surface area (Å²) >= 11 is 0. The fourth-order valence-electron chi connectivity index (χ4n) is 3.40. The number of nitrogens with one attached hydrogen (secondary N) is 2. The largest absolute Gasteiger partial charge is 0.381 e. The van der Waals surface area contributed by atoms with Crippen LogP contribution in [0.15, 0.2) is 4.99 Å². The predicted molar refractivity (Wildman–Crippen MR) is 119 cm³/mol. The molecule has 154 valence electrons. The zero-order valence-corrected chi connectivity index (χ0v) is 19.2. The number of nitrogens with zero attached hydrogens (tertiary/aromatic N) is 2. The minimum absolute atomic E-state index is 0. The standard InChI is InChI=1S/C19H38N4O2.HI/c1-4-20-19(22-18-6-10-23(11-7-18)16(2)3)21-9-5-12-24-14-17-8-13-25-15-17;/h16-18H,4-15H2,1-3H3,(H2,20,21,22);1H. The maximum atomic E-state index is 5.75. The minimum atomic E-state index is 0. The molecule has 0 aromatic carbocycles. The summed E-state index contributed by atoms with van der Waals surface area (Å²) < 4.78 is 11.1. The van der Waals surface area contributed by atoms with Gasteiger partial charge in [-0.3, -0.25) is 4.99 Å². The van der Waals surface area contributed by atoms with Crippen molar-refractivity contribution in [3.8, 4) is 0 Å². The van der Waals surface area contributed by atoms with E-state index in [9.17, 15) is 0 Å². The van der Waals surface area contributed by atoms with E-state index >= 15 is 0 Å².